The lowest BCUT2D eigenvalue weighted by molar-refractivity contribution is 0.454. The van der Waals surface area contributed by atoms with E-state index in [0.717, 1.165) is 37.2 Å². The Morgan fingerprint density at radius 1 is 1.32 bits per heavy atom. The standard InChI is InChI=1S/C13H24N2O2S2/c1-4-6-7-8-15(3)19(16,17)13-9-12(18-11-13)10-14-5-2/h9,11,14H,4-8,10H2,1-3H3. The molecule has 0 atom stereocenters. The van der Waals surface area contributed by atoms with Gasteiger partial charge >= 0.3 is 0 Å². The van der Waals surface area contributed by atoms with E-state index in [9.17, 15) is 8.42 Å². The summed E-state index contributed by atoms with van der Waals surface area (Å²) in [7, 11) is -1.65. The zero-order valence-corrected chi connectivity index (χ0v) is 13.6. The lowest BCUT2D eigenvalue weighted by Crippen LogP contribution is -2.27. The molecule has 1 heterocycles. The van der Waals surface area contributed by atoms with Crippen molar-refractivity contribution in [3.8, 4) is 0 Å². The Balaban J connectivity index is 2.68. The summed E-state index contributed by atoms with van der Waals surface area (Å²) in [6.07, 6.45) is 3.08. The third-order valence-corrected chi connectivity index (χ3v) is 5.88. The number of hydrogen-bond donors (Lipinski definition) is 1. The van der Waals surface area contributed by atoms with Crippen LogP contribution < -0.4 is 5.32 Å². The summed E-state index contributed by atoms with van der Waals surface area (Å²) in [6.45, 7) is 6.36. The second-order valence-electron chi connectivity index (χ2n) is 4.56. The van der Waals surface area contributed by atoms with Crippen molar-refractivity contribution in [3.63, 3.8) is 0 Å². The Morgan fingerprint density at radius 2 is 2.05 bits per heavy atom. The highest BCUT2D eigenvalue weighted by atomic mass is 32.2. The molecule has 0 aliphatic heterocycles. The topological polar surface area (TPSA) is 49.4 Å². The second-order valence-corrected chi connectivity index (χ2v) is 7.60. The van der Waals surface area contributed by atoms with Crippen molar-refractivity contribution in [2.75, 3.05) is 20.1 Å². The largest absolute Gasteiger partial charge is 0.312 e. The maximum absolute atomic E-state index is 12.3. The van der Waals surface area contributed by atoms with Crippen LogP contribution in [0.25, 0.3) is 0 Å². The Hall–Kier alpha value is -0.430. The molecule has 1 rings (SSSR count). The van der Waals surface area contributed by atoms with Gasteiger partial charge in [-0.1, -0.05) is 26.7 Å². The first-order valence-electron chi connectivity index (χ1n) is 6.76. The molecule has 1 aromatic rings. The van der Waals surface area contributed by atoms with Crippen molar-refractivity contribution >= 4 is 21.4 Å². The third kappa shape index (κ3) is 4.87. The van der Waals surface area contributed by atoms with E-state index in [0.29, 0.717) is 11.4 Å². The van der Waals surface area contributed by atoms with E-state index in [4.69, 9.17) is 0 Å². The van der Waals surface area contributed by atoms with Gasteiger partial charge in [-0.25, -0.2) is 12.7 Å². The predicted molar refractivity (Wildman–Crippen MR) is 81.0 cm³/mol. The van der Waals surface area contributed by atoms with Crippen molar-refractivity contribution in [1.82, 2.24) is 9.62 Å². The quantitative estimate of drug-likeness (QED) is 0.714. The van der Waals surface area contributed by atoms with Gasteiger partial charge in [-0.05, 0) is 19.0 Å². The summed E-state index contributed by atoms with van der Waals surface area (Å²) in [5.74, 6) is 0. The van der Waals surface area contributed by atoms with E-state index in [1.54, 1.807) is 18.5 Å². The number of sulfonamides is 1. The molecule has 0 aliphatic rings. The van der Waals surface area contributed by atoms with Crippen LogP contribution in [-0.4, -0.2) is 32.9 Å². The van der Waals surface area contributed by atoms with E-state index in [1.807, 2.05) is 6.92 Å². The summed E-state index contributed by atoms with van der Waals surface area (Å²) in [6, 6.07) is 1.78. The van der Waals surface area contributed by atoms with Crippen molar-refractivity contribution in [3.05, 3.63) is 16.3 Å². The maximum Gasteiger partial charge on any atom is 0.243 e. The molecule has 0 bridgehead atoms. The minimum Gasteiger partial charge on any atom is -0.312 e. The average molecular weight is 304 g/mol. The number of nitrogens with zero attached hydrogens (tertiary/aromatic N) is 1. The first kappa shape index (κ1) is 16.6. The summed E-state index contributed by atoms with van der Waals surface area (Å²) in [5, 5.41) is 4.94. The average Bonchev–Trinajstić information content (AvgIpc) is 2.85. The van der Waals surface area contributed by atoms with E-state index in [1.165, 1.54) is 15.6 Å². The third-order valence-electron chi connectivity index (χ3n) is 2.96. The summed E-state index contributed by atoms with van der Waals surface area (Å²) in [5.41, 5.74) is 0. The molecule has 0 aliphatic carbocycles. The lowest BCUT2D eigenvalue weighted by atomic mass is 10.2. The predicted octanol–water partition coefficient (Wildman–Crippen LogP) is 2.67. The number of hydrogen-bond acceptors (Lipinski definition) is 4. The van der Waals surface area contributed by atoms with Gasteiger partial charge in [-0.3, -0.25) is 0 Å². The molecule has 0 aromatic carbocycles. The molecule has 4 nitrogen and oxygen atoms in total. The molecule has 0 spiro atoms. The van der Waals surface area contributed by atoms with Crippen LogP contribution in [0.5, 0.6) is 0 Å². The molecule has 0 fully saturated rings. The van der Waals surface area contributed by atoms with Crippen LogP contribution in [0.15, 0.2) is 16.3 Å². The van der Waals surface area contributed by atoms with E-state index in [2.05, 4.69) is 12.2 Å². The lowest BCUT2D eigenvalue weighted by Gasteiger charge is -2.15. The van der Waals surface area contributed by atoms with Gasteiger partial charge in [0.25, 0.3) is 0 Å². The number of unbranched alkanes of at least 4 members (excludes halogenated alkanes) is 2. The van der Waals surface area contributed by atoms with E-state index >= 15 is 0 Å². The molecule has 0 saturated heterocycles. The SMILES string of the molecule is CCCCCN(C)S(=O)(=O)c1csc(CNCC)c1. The highest BCUT2D eigenvalue weighted by Gasteiger charge is 2.21. The summed E-state index contributed by atoms with van der Waals surface area (Å²) < 4.78 is 26.1. The van der Waals surface area contributed by atoms with Crippen molar-refractivity contribution in [2.45, 2.75) is 44.6 Å². The maximum atomic E-state index is 12.3. The highest BCUT2D eigenvalue weighted by molar-refractivity contribution is 7.89. The Kier molecular flexibility index (Phi) is 6.99. The van der Waals surface area contributed by atoms with E-state index in [-0.39, 0.29) is 0 Å². The number of rotatable bonds is 9. The van der Waals surface area contributed by atoms with Gasteiger partial charge in [0.1, 0.15) is 0 Å². The first-order valence-corrected chi connectivity index (χ1v) is 9.08. The molecular weight excluding hydrogens is 280 g/mol. The smallest absolute Gasteiger partial charge is 0.243 e. The molecule has 0 radical (unpaired) electrons. The Labute approximate surface area is 120 Å². The molecule has 6 heteroatoms. The van der Waals surface area contributed by atoms with Gasteiger partial charge in [0.15, 0.2) is 0 Å². The van der Waals surface area contributed by atoms with Crippen LogP contribution in [0.2, 0.25) is 0 Å². The minimum absolute atomic E-state index is 0.421. The Morgan fingerprint density at radius 3 is 2.68 bits per heavy atom. The second kappa shape index (κ2) is 7.99. The van der Waals surface area contributed by atoms with Gasteiger partial charge in [-0.2, -0.15) is 0 Å². The monoisotopic (exact) mass is 304 g/mol. The fraction of sp³-hybridized carbons (Fsp3) is 0.692. The molecule has 0 amide bonds. The summed E-state index contributed by atoms with van der Waals surface area (Å²) in [4.78, 5) is 1.48. The molecule has 110 valence electrons. The zero-order valence-electron chi connectivity index (χ0n) is 12.0. The molecule has 0 unspecified atom stereocenters. The van der Waals surface area contributed by atoms with Gasteiger partial charge < -0.3 is 5.32 Å². The number of thiophene rings is 1. The fourth-order valence-corrected chi connectivity index (χ4v) is 4.16. The summed E-state index contributed by atoms with van der Waals surface area (Å²) >= 11 is 1.49. The highest BCUT2D eigenvalue weighted by Crippen LogP contribution is 2.22. The molecule has 1 aromatic heterocycles. The minimum atomic E-state index is -3.31. The van der Waals surface area contributed by atoms with Crippen LogP contribution in [-0.2, 0) is 16.6 Å². The van der Waals surface area contributed by atoms with Crippen molar-refractivity contribution in [2.24, 2.45) is 0 Å². The molecule has 0 saturated carbocycles. The normalized spacial score (nSPS) is 12.2. The molecular formula is C13H24N2O2S2. The van der Waals surface area contributed by atoms with Crippen LogP contribution >= 0.6 is 11.3 Å². The van der Waals surface area contributed by atoms with Crippen LogP contribution in [0, 0.1) is 0 Å². The fourth-order valence-electron chi connectivity index (χ4n) is 1.72. The van der Waals surface area contributed by atoms with Crippen molar-refractivity contribution < 1.29 is 8.42 Å². The Bertz CT molecular complexity index is 469. The van der Waals surface area contributed by atoms with Gasteiger partial charge in [-0.15, -0.1) is 11.3 Å². The van der Waals surface area contributed by atoms with Crippen LogP contribution in [0.1, 0.15) is 38.0 Å². The van der Waals surface area contributed by atoms with E-state index < -0.39 is 10.0 Å². The van der Waals surface area contributed by atoms with Crippen LogP contribution in [0.3, 0.4) is 0 Å². The number of nitrogens with one attached hydrogen (secondary N) is 1. The first-order chi connectivity index (χ1) is 9.02. The molecule has 1 N–H and O–H groups in total. The zero-order chi connectivity index (χ0) is 14.3. The van der Waals surface area contributed by atoms with Gasteiger partial charge in [0.05, 0.1) is 4.90 Å². The van der Waals surface area contributed by atoms with Crippen molar-refractivity contribution in [1.29, 1.82) is 0 Å². The van der Waals surface area contributed by atoms with Gasteiger partial charge in [0, 0.05) is 30.4 Å². The van der Waals surface area contributed by atoms with Crippen LogP contribution in [0.4, 0.5) is 0 Å². The molecule has 19 heavy (non-hydrogen) atoms. The van der Waals surface area contributed by atoms with Gasteiger partial charge in [0.2, 0.25) is 10.0 Å².